The Hall–Kier alpha value is -0.560. The maximum Gasteiger partial charge on any atom is 0.375 e. The Bertz CT molecular complexity index is 542. The fraction of sp³-hybridized carbons (Fsp3) is 0.875. The highest BCUT2D eigenvalue weighted by Gasteiger charge is 2.45. The second-order valence-electron chi connectivity index (χ2n) is 5.67. The third-order valence-electron chi connectivity index (χ3n) is 3.17. The van der Waals surface area contributed by atoms with E-state index < -0.39 is 38.7 Å². The van der Waals surface area contributed by atoms with Crippen LogP contribution in [-0.2, 0) is 41.6 Å². The average molecular weight is 430 g/mol. The minimum absolute atomic E-state index is 0.00880. The van der Waals surface area contributed by atoms with Crippen LogP contribution in [0.15, 0.2) is 0 Å². The molecule has 0 amide bonds. The van der Waals surface area contributed by atoms with Crippen molar-refractivity contribution in [3.63, 3.8) is 0 Å². The van der Waals surface area contributed by atoms with E-state index in [9.17, 15) is 18.7 Å². The van der Waals surface area contributed by atoms with E-state index in [0.717, 1.165) is 0 Å². The van der Waals surface area contributed by atoms with Crippen LogP contribution in [0.2, 0.25) is 0 Å². The standard InChI is InChI=1S/C16H32O9P2/c1-7-21-26(19,22-8-2)12-11-14(15(17)16(18)25-13(5)6)27(20,23-9-3)24-10-4/h13-14H,7-12H2,1-6H3. The van der Waals surface area contributed by atoms with E-state index in [2.05, 4.69) is 0 Å². The van der Waals surface area contributed by atoms with E-state index in [1.807, 2.05) is 0 Å². The largest absolute Gasteiger partial charge is 0.457 e. The van der Waals surface area contributed by atoms with Crippen LogP contribution in [0.3, 0.4) is 0 Å². The first-order chi connectivity index (χ1) is 12.6. The van der Waals surface area contributed by atoms with Crippen LogP contribution in [0.4, 0.5) is 0 Å². The quantitative estimate of drug-likeness (QED) is 0.217. The summed E-state index contributed by atoms with van der Waals surface area (Å²) in [5.74, 6) is -2.19. The lowest BCUT2D eigenvalue weighted by Crippen LogP contribution is -2.33. The average Bonchev–Trinajstić information content (AvgIpc) is 2.54. The molecule has 9 nitrogen and oxygen atoms in total. The molecule has 1 unspecified atom stereocenters. The smallest absolute Gasteiger partial charge is 0.375 e. The second kappa shape index (κ2) is 12.8. The topological polar surface area (TPSA) is 114 Å². The molecule has 11 heteroatoms. The third kappa shape index (κ3) is 8.99. The molecule has 0 aromatic carbocycles. The molecule has 1 atom stereocenters. The number of ketones is 1. The normalized spacial score (nSPS) is 13.6. The van der Waals surface area contributed by atoms with E-state index in [1.54, 1.807) is 41.5 Å². The Morgan fingerprint density at radius 2 is 1.26 bits per heavy atom. The van der Waals surface area contributed by atoms with Gasteiger partial charge in [-0.05, 0) is 48.0 Å². The number of carbonyl (C=O) groups is 2. The summed E-state index contributed by atoms with van der Waals surface area (Å²) in [5.41, 5.74) is -1.46. The number of esters is 1. The number of Topliss-reactive ketones (excluding diaryl/α,β-unsaturated/α-hetero) is 1. The summed E-state index contributed by atoms with van der Waals surface area (Å²) < 4.78 is 51.6. The lowest BCUT2D eigenvalue weighted by Gasteiger charge is -2.26. The number of ether oxygens (including phenoxy) is 1. The summed E-state index contributed by atoms with van der Waals surface area (Å²) in [7, 11) is -7.50. The fourth-order valence-corrected chi connectivity index (χ4v) is 6.15. The van der Waals surface area contributed by atoms with Crippen LogP contribution >= 0.6 is 15.2 Å². The molecule has 0 bridgehead atoms. The Balaban J connectivity index is 5.69. The first kappa shape index (κ1) is 26.4. The summed E-state index contributed by atoms with van der Waals surface area (Å²) in [4.78, 5) is 24.7. The van der Waals surface area contributed by atoms with Gasteiger partial charge in [-0.2, -0.15) is 0 Å². The van der Waals surface area contributed by atoms with Gasteiger partial charge in [-0.1, -0.05) is 0 Å². The van der Waals surface area contributed by atoms with E-state index in [0.29, 0.717) is 0 Å². The molecule has 27 heavy (non-hydrogen) atoms. The van der Waals surface area contributed by atoms with Gasteiger partial charge in [0.2, 0.25) is 0 Å². The summed E-state index contributed by atoms with van der Waals surface area (Å²) in [6.07, 6.45) is -0.983. The Labute approximate surface area is 161 Å². The molecule has 0 aromatic heterocycles. The number of hydrogen-bond donors (Lipinski definition) is 0. The van der Waals surface area contributed by atoms with Crippen molar-refractivity contribution < 1.29 is 41.6 Å². The van der Waals surface area contributed by atoms with Crippen LogP contribution in [-0.4, -0.2) is 56.1 Å². The molecule has 0 aliphatic heterocycles. The number of hydrogen-bond acceptors (Lipinski definition) is 9. The van der Waals surface area contributed by atoms with Gasteiger partial charge in [0.25, 0.3) is 5.78 Å². The third-order valence-corrected chi connectivity index (χ3v) is 7.78. The highest BCUT2D eigenvalue weighted by molar-refractivity contribution is 7.56. The zero-order valence-electron chi connectivity index (χ0n) is 17.0. The Morgan fingerprint density at radius 3 is 1.63 bits per heavy atom. The molecule has 0 heterocycles. The lowest BCUT2D eigenvalue weighted by molar-refractivity contribution is -0.156. The van der Waals surface area contributed by atoms with Crippen LogP contribution in [0.25, 0.3) is 0 Å². The van der Waals surface area contributed by atoms with Gasteiger partial charge in [0.15, 0.2) is 0 Å². The molecule has 0 spiro atoms. The van der Waals surface area contributed by atoms with Crippen molar-refractivity contribution >= 4 is 26.9 Å². The first-order valence-electron chi connectivity index (χ1n) is 9.10. The van der Waals surface area contributed by atoms with Crippen LogP contribution in [0.1, 0.15) is 48.0 Å². The van der Waals surface area contributed by atoms with Crippen molar-refractivity contribution in [3.05, 3.63) is 0 Å². The monoisotopic (exact) mass is 430 g/mol. The highest BCUT2D eigenvalue weighted by Crippen LogP contribution is 2.57. The lowest BCUT2D eigenvalue weighted by atomic mass is 10.2. The molecule has 0 aliphatic carbocycles. The van der Waals surface area contributed by atoms with Crippen molar-refractivity contribution in [2.75, 3.05) is 32.6 Å². The molecule has 0 saturated carbocycles. The highest BCUT2D eigenvalue weighted by atomic mass is 31.2. The van der Waals surface area contributed by atoms with Gasteiger partial charge >= 0.3 is 21.2 Å². The van der Waals surface area contributed by atoms with Gasteiger partial charge in [-0.15, -0.1) is 0 Å². The SMILES string of the molecule is CCOP(=O)(CCC(C(=O)C(=O)OC(C)C)P(=O)(OCC)OCC)OCC. The predicted molar refractivity (Wildman–Crippen MR) is 101 cm³/mol. The maximum absolute atomic E-state index is 13.1. The Kier molecular flexibility index (Phi) is 12.5. The molecular weight excluding hydrogens is 398 g/mol. The molecule has 0 fully saturated rings. The van der Waals surface area contributed by atoms with Gasteiger partial charge in [0, 0.05) is 0 Å². The van der Waals surface area contributed by atoms with Gasteiger partial charge in [-0.25, -0.2) is 4.79 Å². The van der Waals surface area contributed by atoms with E-state index >= 15 is 0 Å². The van der Waals surface area contributed by atoms with E-state index in [1.165, 1.54) is 0 Å². The molecule has 0 aliphatic rings. The zero-order valence-corrected chi connectivity index (χ0v) is 18.8. The van der Waals surface area contributed by atoms with E-state index in [4.69, 9.17) is 22.8 Å². The van der Waals surface area contributed by atoms with Crippen molar-refractivity contribution in [3.8, 4) is 0 Å². The van der Waals surface area contributed by atoms with E-state index in [-0.39, 0.29) is 39.0 Å². The van der Waals surface area contributed by atoms with Crippen molar-refractivity contribution in [2.24, 2.45) is 0 Å². The minimum Gasteiger partial charge on any atom is -0.457 e. The predicted octanol–water partition coefficient (Wildman–Crippen LogP) is 3.80. The molecule has 0 saturated heterocycles. The van der Waals surface area contributed by atoms with Crippen LogP contribution in [0, 0.1) is 0 Å². The van der Waals surface area contributed by atoms with Gasteiger partial charge in [0.1, 0.15) is 5.66 Å². The summed E-state index contributed by atoms with van der Waals surface area (Å²) in [6, 6.07) is 0. The molecule has 0 aromatic rings. The second-order valence-corrected chi connectivity index (χ2v) is 10.1. The van der Waals surface area contributed by atoms with Crippen molar-refractivity contribution in [1.29, 1.82) is 0 Å². The minimum atomic E-state index is -3.99. The molecule has 0 N–H and O–H groups in total. The molecule has 0 radical (unpaired) electrons. The number of rotatable bonds is 15. The van der Waals surface area contributed by atoms with Gasteiger partial charge in [-0.3, -0.25) is 13.9 Å². The number of carbonyl (C=O) groups excluding carboxylic acids is 2. The van der Waals surface area contributed by atoms with Gasteiger partial charge in [0.05, 0.1) is 38.7 Å². The molecular formula is C16H32O9P2. The molecule has 0 rings (SSSR count). The summed E-state index contributed by atoms with van der Waals surface area (Å²) in [5, 5.41) is 0. The summed E-state index contributed by atoms with van der Waals surface area (Å²) in [6.45, 7) is 9.95. The van der Waals surface area contributed by atoms with Crippen LogP contribution in [0.5, 0.6) is 0 Å². The fourth-order valence-electron chi connectivity index (χ4n) is 2.26. The zero-order chi connectivity index (χ0) is 21.1. The van der Waals surface area contributed by atoms with Crippen molar-refractivity contribution in [1.82, 2.24) is 0 Å². The first-order valence-corrected chi connectivity index (χ1v) is 12.4. The Morgan fingerprint density at radius 1 is 0.815 bits per heavy atom. The molecule has 160 valence electrons. The summed E-state index contributed by atoms with van der Waals surface area (Å²) >= 11 is 0. The van der Waals surface area contributed by atoms with Crippen LogP contribution < -0.4 is 0 Å². The van der Waals surface area contributed by atoms with Gasteiger partial charge < -0.3 is 22.8 Å². The van der Waals surface area contributed by atoms with Crippen molar-refractivity contribution in [2.45, 2.75) is 59.7 Å². The maximum atomic E-state index is 13.1.